The molecular weight excluding hydrogens is 308 g/mol. The second-order valence-corrected chi connectivity index (χ2v) is 6.14. The number of hydrogen-bond donors (Lipinski definition) is 1. The molecule has 1 fully saturated rings. The van der Waals surface area contributed by atoms with E-state index < -0.39 is 0 Å². The van der Waals surface area contributed by atoms with Gasteiger partial charge in [-0.05, 0) is 30.5 Å². The fourth-order valence-corrected chi connectivity index (χ4v) is 2.94. The Balaban J connectivity index is 1.63. The molecule has 24 heavy (non-hydrogen) atoms. The van der Waals surface area contributed by atoms with Crippen molar-refractivity contribution >= 4 is 0 Å². The number of ether oxygens (including phenoxy) is 2. The van der Waals surface area contributed by atoms with Gasteiger partial charge >= 0.3 is 0 Å². The van der Waals surface area contributed by atoms with Crippen molar-refractivity contribution in [1.82, 2.24) is 19.9 Å². The van der Waals surface area contributed by atoms with E-state index in [-0.39, 0.29) is 6.10 Å². The number of aromatic nitrogens is 3. The zero-order valence-corrected chi connectivity index (χ0v) is 14.2. The van der Waals surface area contributed by atoms with Gasteiger partial charge in [-0.15, -0.1) is 5.10 Å². The Hall–Kier alpha value is -2.12. The van der Waals surface area contributed by atoms with E-state index in [0.29, 0.717) is 6.54 Å². The molecular formula is C17H24N4O3. The zero-order chi connectivity index (χ0) is 16.9. The van der Waals surface area contributed by atoms with Crippen LogP contribution in [0, 0.1) is 0 Å². The van der Waals surface area contributed by atoms with Gasteiger partial charge < -0.3 is 14.6 Å². The van der Waals surface area contributed by atoms with E-state index in [4.69, 9.17) is 9.47 Å². The van der Waals surface area contributed by atoms with Crippen LogP contribution >= 0.6 is 0 Å². The van der Waals surface area contributed by atoms with Crippen LogP contribution < -0.4 is 9.47 Å². The first kappa shape index (κ1) is 16.7. The molecule has 2 aromatic rings. The fourth-order valence-electron chi connectivity index (χ4n) is 2.94. The lowest BCUT2D eigenvalue weighted by atomic mass is 10.1. The van der Waals surface area contributed by atoms with Crippen molar-refractivity contribution in [3.8, 4) is 11.5 Å². The number of rotatable bonds is 6. The lowest BCUT2D eigenvalue weighted by Crippen LogP contribution is -2.35. The quantitative estimate of drug-likeness (QED) is 0.860. The Morgan fingerprint density at radius 3 is 2.38 bits per heavy atom. The van der Waals surface area contributed by atoms with Crippen LogP contribution in [0.5, 0.6) is 11.5 Å². The van der Waals surface area contributed by atoms with Crippen molar-refractivity contribution in [2.24, 2.45) is 0 Å². The van der Waals surface area contributed by atoms with Gasteiger partial charge in [0, 0.05) is 25.7 Å². The van der Waals surface area contributed by atoms with Gasteiger partial charge in [0.05, 0.1) is 38.8 Å². The van der Waals surface area contributed by atoms with Gasteiger partial charge in [0.15, 0.2) is 0 Å². The predicted molar refractivity (Wildman–Crippen MR) is 89.2 cm³/mol. The summed E-state index contributed by atoms with van der Waals surface area (Å²) in [4.78, 5) is 2.30. The summed E-state index contributed by atoms with van der Waals surface area (Å²) in [6.45, 7) is 3.19. The van der Waals surface area contributed by atoms with Crippen LogP contribution in [0.4, 0.5) is 0 Å². The normalized spacial score (nSPS) is 16.3. The first-order chi connectivity index (χ1) is 11.7. The van der Waals surface area contributed by atoms with Gasteiger partial charge in [0.1, 0.15) is 11.5 Å². The molecule has 1 aromatic carbocycles. The summed E-state index contributed by atoms with van der Waals surface area (Å²) < 4.78 is 12.4. The van der Waals surface area contributed by atoms with Crippen LogP contribution in [0.1, 0.15) is 24.1 Å². The molecule has 1 N–H and O–H groups in total. The van der Waals surface area contributed by atoms with Crippen molar-refractivity contribution in [2.75, 3.05) is 27.3 Å². The summed E-state index contributed by atoms with van der Waals surface area (Å²) in [5, 5.41) is 18.0. The highest BCUT2D eigenvalue weighted by atomic mass is 16.5. The minimum absolute atomic E-state index is 0.153. The molecule has 7 nitrogen and oxygen atoms in total. The standard InChI is InChI=1S/C17H24N4O3/c1-23-16-7-13(8-17(9-16)24-2)10-21-12-14(18-19-21)11-20-5-3-15(22)4-6-20/h7-9,12,15,22H,3-6,10-11H2,1-2H3. The van der Waals surface area contributed by atoms with Crippen LogP contribution in [0.3, 0.4) is 0 Å². The second kappa shape index (κ2) is 7.63. The number of likely N-dealkylation sites (tertiary alicyclic amines) is 1. The highest BCUT2D eigenvalue weighted by molar-refractivity contribution is 5.38. The molecule has 1 aliphatic rings. The minimum Gasteiger partial charge on any atom is -0.497 e. The number of aliphatic hydroxyl groups is 1. The number of methoxy groups -OCH3 is 2. The molecule has 1 saturated heterocycles. The molecule has 0 spiro atoms. The third-order valence-corrected chi connectivity index (χ3v) is 4.28. The van der Waals surface area contributed by atoms with E-state index in [9.17, 15) is 5.11 Å². The molecule has 0 radical (unpaired) electrons. The number of hydrogen-bond acceptors (Lipinski definition) is 6. The fraction of sp³-hybridized carbons (Fsp3) is 0.529. The molecule has 7 heteroatoms. The molecule has 1 aromatic heterocycles. The molecule has 2 heterocycles. The highest BCUT2D eigenvalue weighted by Crippen LogP contribution is 2.23. The molecule has 0 unspecified atom stereocenters. The summed E-state index contributed by atoms with van der Waals surface area (Å²) in [5.74, 6) is 1.52. The Bertz CT molecular complexity index is 643. The third-order valence-electron chi connectivity index (χ3n) is 4.28. The van der Waals surface area contributed by atoms with E-state index in [1.807, 2.05) is 29.1 Å². The Labute approximate surface area is 141 Å². The average molecular weight is 332 g/mol. The molecule has 1 aliphatic heterocycles. The zero-order valence-electron chi connectivity index (χ0n) is 14.2. The molecule has 130 valence electrons. The number of nitrogens with zero attached hydrogens (tertiary/aromatic N) is 4. The second-order valence-electron chi connectivity index (χ2n) is 6.14. The highest BCUT2D eigenvalue weighted by Gasteiger charge is 2.18. The summed E-state index contributed by atoms with van der Waals surface area (Å²) in [5.41, 5.74) is 1.99. The van der Waals surface area contributed by atoms with Gasteiger partial charge in [0.2, 0.25) is 0 Å². The summed E-state index contributed by atoms with van der Waals surface area (Å²) in [6.07, 6.45) is 3.48. The average Bonchev–Trinajstić information content (AvgIpc) is 3.03. The van der Waals surface area contributed by atoms with Crippen LogP contribution in [0.2, 0.25) is 0 Å². The maximum atomic E-state index is 9.57. The van der Waals surface area contributed by atoms with Crippen molar-refractivity contribution in [3.63, 3.8) is 0 Å². The Morgan fingerprint density at radius 2 is 1.75 bits per heavy atom. The van der Waals surface area contributed by atoms with Crippen LogP contribution in [0.15, 0.2) is 24.4 Å². The van der Waals surface area contributed by atoms with Crippen LogP contribution in [-0.2, 0) is 13.1 Å². The van der Waals surface area contributed by atoms with E-state index in [1.54, 1.807) is 14.2 Å². The van der Waals surface area contributed by atoms with Gasteiger partial charge in [0.25, 0.3) is 0 Å². The van der Waals surface area contributed by atoms with Crippen molar-refractivity contribution < 1.29 is 14.6 Å². The topological polar surface area (TPSA) is 72.6 Å². The SMILES string of the molecule is COc1cc(Cn2cc(CN3CCC(O)CC3)nn2)cc(OC)c1. The largest absolute Gasteiger partial charge is 0.497 e. The summed E-state index contributed by atoms with van der Waals surface area (Å²) in [7, 11) is 3.28. The maximum absolute atomic E-state index is 9.57. The van der Waals surface area contributed by atoms with Gasteiger partial charge in [-0.25, -0.2) is 4.68 Å². The van der Waals surface area contributed by atoms with Crippen LogP contribution in [0.25, 0.3) is 0 Å². The summed E-state index contributed by atoms with van der Waals surface area (Å²) >= 11 is 0. The van der Waals surface area contributed by atoms with E-state index in [2.05, 4.69) is 15.2 Å². The van der Waals surface area contributed by atoms with Gasteiger partial charge in [-0.1, -0.05) is 5.21 Å². The monoisotopic (exact) mass is 332 g/mol. The molecule has 0 atom stereocenters. The predicted octanol–water partition coefficient (Wildman–Crippen LogP) is 1.30. The summed E-state index contributed by atoms with van der Waals surface area (Å²) in [6, 6.07) is 5.78. The van der Waals surface area contributed by atoms with Gasteiger partial charge in [-0.2, -0.15) is 0 Å². The molecule has 0 aliphatic carbocycles. The third kappa shape index (κ3) is 4.24. The smallest absolute Gasteiger partial charge is 0.122 e. The van der Waals surface area contributed by atoms with Crippen LogP contribution in [-0.4, -0.2) is 58.4 Å². The minimum atomic E-state index is -0.153. The lowest BCUT2D eigenvalue weighted by molar-refractivity contribution is 0.0786. The van der Waals surface area contributed by atoms with E-state index >= 15 is 0 Å². The van der Waals surface area contributed by atoms with Crippen molar-refractivity contribution in [2.45, 2.75) is 32.0 Å². The first-order valence-corrected chi connectivity index (χ1v) is 8.17. The number of aliphatic hydroxyl groups excluding tert-OH is 1. The number of benzene rings is 1. The van der Waals surface area contributed by atoms with E-state index in [1.165, 1.54) is 0 Å². The lowest BCUT2D eigenvalue weighted by Gasteiger charge is -2.28. The van der Waals surface area contributed by atoms with E-state index in [0.717, 1.165) is 55.2 Å². The first-order valence-electron chi connectivity index (χ1n) is 8.17. The van der Waals surface area contributed by atoms with Gasteiger partial charge in [-0.3, -0.25) is 4.90 Å². The van der Waals surface area contributed by atoms with Crippen molar-refractivity contribution in [1.29, 1.82) is 0 Å². The van der Waals surface area contributed by atoms with Crippen molar-refractivity contribution in [3.05, 3.63) is 35.7 Å². The molecule has 3 rings (SSSR count). The Kier molecular flexibility index (Phi) is 5.32. The molecule has 0 saturated carbocycles. The maximum Gasteiger partial charge on any atom is 0.122 e. The number of piperidine rings is 1. The molecule has 0 amide bonds. The Morgan fingerprint density at radius 1 is 1.08 bits per heavy atom. The molecule has 0 bridgehead atoms.